The predicted octanol–water partition coefficient (Wildman–Crippen LogP) is 7.59. The average molecular weight is 511 g/mol. The zero-order chi connectivity index (χ0) is 26.7. The van der Waals surface area contributed by atoms with Crippen LogP contribution in [0.4, 0.5) is 4.79 Å². The van der Waals surface area contributed by atoms with Crippen molar-refractivity contribution < 1.29 is 19.1 Å². The van der Waals surface area contributed by atoms with Crippen molar-refractivity contribution in [2.45, 2.75) is 137 Å². The molecule has 0 aromatic heterocycles. The number of ether oxygens (including phenoxy) is 2. The number of hydrogen-bond acceptors (Lipinski definition) is 5. The molecule has 1 amide bonds. The van der Waals surface area contributed by atoms with Crippen molar-refractivity contribution in [1.82, 2.24) is 9.80 Å². The summed E-state index contributed by atoms with van der Waals surface area (Å²) in [6.45, 7) is 15.5. The molecule has 0 aromatic rings. The number of carbonyl (C=O) groups is 2. The van der Waals surface area contributed by atoms with E-state index in [1.54, 1.807) is 0 Å². The lowest BCUT2D eigenvalue weighted by Crippen LogP contribution is -2.42. The third-order valence-corrected chi connectivity index (χ3v) is 7.06. The number of piperidine rings is 1. The lowest BCUT2D eigenvalue weighted by Gasteiger charge is -2.34. The van der Waals surface area contributed by atoms with Crippen LogP contribution in [0.3, 0.4) is 0 Å². The third kappa shape index (κ3) is 17.2. The van der Waals surface area contributed by atoms with Crippen LogP contribution in [0.5, 0.6) is 0 Å². The minimum absolute atomic E-state index is 0.0449. The van der Waals surface area contributed by atoms with Gasteiger partial charge in [-0.15, -0.1) is 0 Å². The monoisotopic (exact) mass is 510 g/mol. The first kappa shape index (κ1) is 32.7. The van der Waals surface area contributed by atoms with Gasteiger partial charge < -0.3 is 19.3 Å². The molecule has 1 aliphatic rings. The molecule has 1 saturated heterocycles. The quantitative estimate of drug-likeness (QED) is 0.132. The van der Waals surface area contributed by atoms with E-state index in [1.165, 1.54) is 51.4 Å². The van der Waals surface area contributed by atoms with E-state index in [0.29, 0.717) is 18.9 Å². The molecule has 0 saturated carbocycles. The summed E-state index contributed by atoms with van der Waals surface area (Å²) >= 11 is 0. The van der Waals surface area contributed by atoms with Crippen LogP contribution in [0.15, 0.2) is 0 Å². The van der Waals surface area contributed by atoms with E-state index in [2.05, 4.69) is 18.7 Å². The summed E-state index contributed by atoms with van der Waals surface area (Å²) in [5, 5.41) is 0. The van der Waals surface area contributed by atoms with Crippen LogP contribution in [-0.2, 0) is 14.3 Å². The van der Waals surface area contributed by atoms with Crippen LogP contribution in [0.1, 0.15) is 131 Å². The normalized spacial score (nSPS) is 14.9. The maximum atomic E-state index is 12.3. The third-order valence-electron chi connectivity index (χ3n) is 7.06. The maximum Gasteiger partial charge on any atom is 0.410 e. The number of nitrogens with zero attached hydrogens (tertiary/aromatic N) is 2. The lowest BCUT2D eigenvalue weighted by molar-refractivity contribution is -0.144. The van der Waals surface area contributed by atoms with Gasteiger partial charge in [0.25, 0.3) is 0 Å². The fourth-order valence-corrected chi connectivity index (χ4v) is 4.78. The summed E-state index contributed by atoms with van der Waals surface area (Å²) in [7, 11) is 0. The van der Waals surface area contributed by atoms with Gasteiger partial charge in [-0.1, -0.05) is 65.2 Å². The zero-order valence-corrected chi connectivity index (χ0v) is 24.5. The Kier molecular flexibility index (Phi) is 18.0. The Bertz CT molecular complexity index is 568. The molecule has 36 heavy (non-hydrogen) atoms. The predicted molar refractivity (Wildman–Crippen MR) is 149 cm³/mol. The number of rotatable bonds is 19. The topological polar surface area (TPSA) is 59.1 Å². The molecule has 0 unspecified atom stereocenters. The van der Waals surface area contributed by atoms with Gasteiger partial charge in [-0.3, -0.25) is 4.79 Å². The fourth-order valence-electron chi connectivity index (χ4n) is 4.78. The summed E-state index contributed by atoms with van der Waals surface area (Å²) < 4.78 is 10.9. The van der Waals surface area contributed by atoms with Gasteiger partial charge in [-0.2, -0.15) is 0 Å². The summed E-state index contributed by atoms with van der Waals surface area (Å²) in [4.78, 5) is 28.8. The van der Waals surface area contributed by atoms with Gasteiger partial charge >= 0.3 is 12.1 Å². The molecular formula is C30H58N2O4. The van der Waals surface area contributed by atoms with Crippen molar-refractivity contribution in [1.29, 1.82) is 0 Å². The average Bonchev–Trinajstić information content (AvgIpc) is 2.83. The fraction of sp³-hybridized carbons (Fsp3) is 0.933. The van der Waals surface area contributed by atoms with Gasteiger partial charge in [0.1, 0.15) is 5.60 Å². The largest absolute Gasteiger partial charge is 0.466 e. The molecule has 1 heterocycles. The van der Waals surface area contributed by atoms with Gasteiger partial charge in [0.15, 0.2) is 0 Å². The summed E-state index contributed by atoms with van der Waals surface area (Å²) in [6, 6.07) is 0. The number of hydrogen-bond donors (Lipinski definition) is 0. The zero-order valence-electron chi connectivity index (χ0n) is 24.5. The highest BCUT2D eigenvalue weighted by Crippen LogP contribution is 2.23. The van der Waals surface area contributed by atoms with E-state index < -0.39 is 5.60 Å². The van der Waals surface area contributed by atoms with Crippen LogP contribution in [-0.4, -0.2) is 66.8 Å². The second-order valence-electron chi connectivity index (χ2n) is 11.7. The van der Waals surface area contributed by atoms with E-state index in [0.717, 1.165) is 71.2 Å². The Labute approximate surface area is 222 Å². The standard InChI is InChI=1S/C30H58N2O4/c1-6-8-10-11-12-13-14-21-31(22-16-17-28(33)35-26-15-9-7-2)23-18-27-19-24-32(25-20-27)29(34)36-30(3,4)5/h27H,6-26H2,1-5H3. The first-order valence-corrected chi connectivity index (χ1v) is 15.1. The number of unbranched alkanes of at least 4 members (excludes halogenated alkanes) is 8. The van der Waals surface area contributed by atoms with Crippen LogP contribution in [0, 0.1) is 5.92 Å². The molecule has 0 spiro atoms. The first-order valence-electron chi connectivity index (χ1n) is 15.1. The Morgan fingerprint density at radius 1 is 0.806 bits per heavy atom. The molecule has 0 bridgehead atoms. The highest BCUT2D eigenvalue weighted by Gasteiger charge is 2.27. The van der Waals surface area contributed by atoms with Crippen molar-refractivity contribution in [2.24, 2.45) is 5.92 Å². The highest BCUT2D eigenvalue weighted by atomic mass is 16.6. The van der Waals surface area contributed by atoms with Crippen LogP contribution in [0.2, 0.25) is 0 Å². The van der Waals surface area contributed by atoms with Crippen LogP contribution < -0.4 is 0 Å². The van der Waals surface area contributed by atoms with Gasteiger partial charge in [0.2, 0.25) is 0 Å². The van der Waals surface area contributed by atoms with Gasteiger partial charge in [-0.05, 0) is 84.8 Å². The van der Waals surface area contributed by atoms with Crippen molar-refractivity contribution in [3.05, 3.63) is 0 Å². The van der Waals surface area contributed by atoms with E-state index in [-0.39, 0.29) is 12.1 Å². The lowest BCUT2D eigenvalue weighted by atomic mass is 9.93. The van der Waals surface area contributed by atoms with Crippen molar-refractivity contribution >= 4 is 12.1 Å². The van der Waals surface area contributed by atoms with Gasteiger partial charge in [0, 0.05) is 19.5 Å². The molecule has 0 N–H and O–H groups in total. The number of carbonyl (C=O) groups excluding carboxylic acids is 2. The molecule has 0 aromatic carbocycles. The Hall–Kier alpha value is -1.30. The number of likely N-dealkylation sites (tertiary alicyclic amines) is 1. The second-order valence-corrected chi connectivity index (χ2v) is 11.7. The molecule has 6 nitrogen and oxygen atoms in total. The highest BCUT2D eigenvalue weighted by molar-refractivity contribution is 5.69. The summed E-state index contributed by atoms with van der Waals surface area (Å²) in [5.74, 6) is 0.611. The van der Waals surface area contributed by atoms with Crippen molar-refractivity contribution in [2.75, 3.05) is 39.3 Å². The van der Waals surface area contributed by atoms with Gasteiger partial charge in [0.05, 0.1) is 6.61 Å². The molecular weight excluding hydrogens is 452 g/mol. The molecule has 1 rings (SSSR count). The van der Waals surface area contributed by atoms with E-state index in [1.807, 2.05) is 25.7 Å². The first-order chi connectivity index (χ1) is 17.2. The molecule has 212 valence electrons. The van der Waals surface area contributed by atoms with Gasteiger partial charge in [-0.25, -0.2) is 4.79 Å². The molecule has 1 aliphatic heterocycles. The van der Waals surface area contributed by atoms with E-state index in [4.69, 9.17) is 9.47 Å². The van der Waals surface area contributed by atoms with Crippen molar-refractivity contribution in [3.8, 4) is 0 Å². The maximum absolute atomic E-state index is 12.3. The Morgan fingerprint density at radius 2 is 1.39 bits per heavy atom. The number of amides is 1. The molecule has 0 atom stereocenters. The molecule has 0 radical (unpaired) electrons. The van der Waals surface area contributed by atoms with Crippen molar-refractivity contribution in [3.63, 3.8) is 0 Å². The minimum Gasteiger partial charge on any atom is -0.466 e. The van der Waals surface area contributed by atoms with Crippen LogP contribution >= 0.6 is 0 Å². The van der Waals surface area contributed by atoms with Crippen LogP contribution in [0.25, 0.3) is 0 Å². The van der Waals surface area contributed by atoms with E-state index in [9.17, 15) is 9.59 Å². The smallest absolute Gasteiger partial charge is 0.410 e. The Balaban J connectivity index is 2.37. The summed E-state index contributed by atoms with van der Waals surface area (Å²) in [5.41, 5.74) is -0.438. The second kappa shape index (κ2) is 19.8. The molecule has 6 heteroatoms. The van der Waals surface area contributed by atoms with E-state index >= 15 is 0 Å². The summed E-state index contributed by atoms with van der Waals surface area (Å²) in [6.07, 6.45) is 17.0. The number of esters is 1. The minimum atomic E-state index is -0.438. The Morgan fingerprint density at radius 3 is 2.03 bits per heavy atom. The molecule has 0 aliphatic carbocycles. The molecule has 1 fully saturated rings. The SMILES string of the molecule is CCCCCCCCCN(CCCC(=O)OCCCCC)CCC1CCN(C(=O)OC(C)(C)C)CC1.